The molecule has 0 fully saturated rings. The van der Waals surface area contributed by atoms with Crippen LogP contribution < -0.4 is 4.80 Å². The maximum absolute atomic E-state index is 12.4. The molecular formula is C20H18N2O3S2. The molecule has 0 saturated carbocycles. The van der Waals surface area contributed by atoms with Gasteiger partial charge < -0.3 is 4.57 Å². The number of hydrogen-bond acceptors (Lipinski definition) is 4. The number of aryl methyl sites for hydroxylation is 1. The van der Waals surface area contributed by atoms with Gasteiger partial charge in [0.15, 0.2) is 14.6 Å². The van der Waals surface area contributed by atoms with Crippen LogP contribution in [0.1, 0.15) is 11.1 Å². The number of thiazole rings is 1. The fourth-order valence-electron chi connectivity index (χ4n) is 2.64. The van der Waals surface area contributed by atoms with Gasteiger partial charge in [-0.05, 0) is 30.7 Å². The number of aromatic nitrogens is 1. The van der Waals surface area contributed by atoms with E-state index < -0.39 is 9.84 Å². The molecule has 7 heteroatoms. The minimum Gasteiger partial charge on any atom is -0.305 e. The second-order valence-electron chi connectivity index (χ2n) is 6.24. The zero-order chi connectivity index (χ0) is 19.6. The van der Waals surface area contributed by atoms with Crippen LogP contribution in [-0.4, -0.2) is 25.1 Å². The van der Waals surface area contributed by atoms with Crippen LogP contribution in [0, 0.1) is 19.3 Å². The van der Waals surface area contributed by atoms with Crippen LogP contribution in [0.2, 0.25) is 0 Å². The Bertz CT molecular complexity index is 1220. The highest BCUT2D eigenvalue weighted by molar-refractivity contribution is 7.90. The fraction of sp³-hybridized carbons (Fsp3) is 0.200. The molecule has 3 aromatic rings. The molecule has 0 atom stereocenters. The summed E-state index contributed by atoms with van der Waals surface area (Å²) in [5.41, 5.74) is 2.77. The second kappa shape index (κ2) is 7.51. The minimum atomic E-state index is -3.32. The van der Waals surface area contributed by atoms with E-state index in [1.165, 1.54) is 17.4 Å². The van der Waals surface area contributed by atoms with Crippen LogP contribution in [-0.2, 0) is 27.6 Å². The molecule has 0 N–H and O–H groups in total. The molecule has 0 spiro atoms. The molecule has 1 aromatic heterocycles. The molecule has 0 aliphatic rings. The van der Waals surface area contributed by atoms with Gasteiger partial charge in [-0.15, -0.1) is 6.42 Å². The number of fused-ring (bicyclic) bond motifs is 1. The standard InChI is InChI=1S/C20H18N2O3S2/c1-4-11-22-17-10-9-16(27(3,24)25)13-18(17)26-20(22)21-19(23)12-15-7-5-14(2)6-8-15/h1,5-10,13H,11-12H2,2-3H3. The van der Waals surface area contributed by atoms with Crippen molar-refractivity contribution in [3.63, 3.8) is 0 Å². The first-order valence-corrected chi connectivity index (χ1v) is 10.9. The number of nitrogens with zero attached hydrogens (tertiary/aromatic N) is 2. The monoisotopic (exact) mass is 398 g/mol. The summed E-state index contributed by atoms with van der Waals surface area (Å²) in [6.45, 7) is 2.23. The lowest BCUT2D eigenvalue weighted by Gasteiger charge is -2.01. The number of amides is 1. The first-order chi connectivity index (χ1) is 12.8. The SMILES string of the molecule is C#CCn1c(=NC(=O)Cc2ccc(C)cc2)sc2cc(S(C)(=O)=O)ccc21. The molecular weight excluding hydrogens is 380 g/mol. The normalized spacial score (nSPS) is 12.3. The summed E-state index contributed by atoms with van der Waals surface area (Å²) in [7, 11) is -3.32. The van der Waals surface area contributed by atoms with E-state index in [0.29, 0.717) is 4.80 Å². The maximum atomic E-state index is 12.4. The average Bonchev–Trinajstić information content (AvgIpc) is 2.93. The lowest BCUT2D eigenvalue weighted by molar-refractivity contribution is -0.117. The Morgan fingerprint density at radius 3 is 2.56 bits per heavy atom. The Morgan fingerprint density at radius 1 is 1.22 bits per heavy atom. The lowest BCUT2D eigenvalue weighted by Crippen LogP contribution is -2.17. The predicted octanol–water partition coefficient (Wildman–Crippen LogP) is 2.72. The van der Waals surface area contributed by atoms with E-state index in [1.807, 2.05) is 31.2 Å². The highest BCUT2D eigenvalue weighted by Crippen LogP contribution is 2.22. The van der Waals surface area contributed by atoms with Crippen LogP contribution in [0.3, 0.4) is 0 Å². The third-order valence-electron chi connectivity index (χ3n) is 4.03. The maximum Gasteiger partial charge on any atom is 0.252 e. The van der Waals surface area contributed by atoms with Crippen molar-refractivity contribution in [3.8, 4) is 12.3 Å². The van der Waals surface area contributed by atoms with E-state index in [4.69, 9.17) is 6.42 Å². The van der Waals surface area contributed by atoms with Crippen LogP contribution in [0.5, 0.6) is 0 Å². The van der Waals surface area contributed by atoms with Gasteiger partial charge in [0.1, 0.15) is 0 Å². The Morgan fingerprint density at radius 2 is 1.93 bits per heavy atom. The van der Waals surface area contributed by atoms with Gasteiger partial charge in [0.05, 0.1) is 28.1 Å². The van der Waals surface area contributed by atoms with Crippen LogP contribution in [0.4, 0.5) is 0 Å². The van der Waals surface area contributed by atoms with E-state index in [0.717, 1.165) is 27.6 Å². The zero-order valence-electron chi connectivity index (χ0n) is 15.0. The first-order valence-electron chi connectivity index (χ1n) is 8.18. The van der Waals surface area contributed by atoms with Crippen molar-refractivity contribution in [3.05, 3.63) is 58.4 Å². The number of terminal acetylenes is 1. The molecule has 5 nitrogen and oxygen atoms in total. The van der Waals surface area contributed by atoms with Gasteiger partial charge in [0.2, 0.25) is 0 Å². The van der Waals surface area contributed by atoms with Gasteiger partial charge in [0.25, 0.3) is 5.91 Å². The molecule has 27 heavy (non-hydrogen) atoms. The van der Waals surface area contributed by atoms with E-state index in [1.54, 1.807) is 16.7 Å². The number of benzene rings is 2. The third-order valence-corrected chi connectivity index (χ3v) is 6.18. The molecule has 0 aliphatic carbocycles. The molecule has 0 bridgehead atoms. The Hall–Kier alpha value is -2.69. The summed E-state index contributed by atoms with van der Waals surface area (Å²) < 4.78 is 26.0. The van der Waals surface area contributed by atoms with Gasteiger partial charge in [-0.25, -0.2) is 8.42 Å². The summed E-state index contributed by atoms with van der Waals surface area (Å²) in [6, 6.07) is 12.5. The van der Waals surface area contributed by atoms with Gasteiger partial charge in [0, 0.05) is 6.26 Å². The highest BCUT2D eigenvalue weighted by atomic mass is 32.2. The molecule has 2 aromatic carbocycles. The first kappa shape index (κ1) is 19.1. The number of carbonyl (C=O) groups excluding carboxylic acids is 1. The predicted molar refractivity (Wildman–Crippen MR) is 107 cm³/mol. The fourth-order valence-corrected chi connectivity index (χ4v) is 4.45. The summed E-state index contributed by atoms with van der Waals surface area (Å²) >= 11 is 1.25. The van der Waals surface area contributed by atoms with Crippen molar-refractivity contribution in [1.82, 2.24) is 4.57 Å². The quantitative estimate of drug-likeness (QED) is 0.635. The Balaban J connectivity index is 2.04. The van der Waals surface area contributed by atoms with Crippen molar-refractivity contribution < 1.29 is 13.2 Å². The van der Waals surface area contributed by atoms with Crippen molar-refractivity contribution in [2.24, 2.45) is 4.99 Å². The molecule has 1 heterocycles. The van der Waals surface area contributed by atoms with Crippen molar-refractivity contribution in [2.45, 2.75) is 24.8 Å². The number of sulfone groups is 1. The van der Waals surface area contributed by atoms with Crippen LogP contribution in [0.25, 0.3) is 10.2 Å². The van der Waals surface area contributed by atoms with E-state index in [2.05, 4.69) is 10.9 Å². The van der Waals surface area contributed by atoms with E-state index >= 15 is 0 Å². The summed E-state index contributed by atoms with van der Waals surface area (Å²) in [5, 5.41) is 0. The molecule has 0 unspecified atom stereocenters. The van der Waals surface area contributed by atoms with Crippen LogP contribution in [0.15, 0.2) is 52.4 Å². The smallest absolute Gasteiger partial charge is 0.252 e. The lowest BCUT2D eigenvalue weighted by atomic mass is 10.1. The van der Waals surface area contributed by atoms with Crippen LogP contribution >= 0.6 is 11.3 Å². The van der Waals surface area contributed by atoms with E-state index in [9.17, 15) is 13.2 Å². The van der Waals surface area contributed by atoms with Crippen molar-refractivity contribution in [2.75, 3.05) is 6.26 Å². The second-order valence-corrected chi connectivity index (χ2v) is 9.27. The molecule has 0 aliphatic heterocycles. The van der Waals surface area contributed by atoms with Crippen molar-refractivity contribution >= 4 is 37.3 Å². The van der Waals surface area contributed by atoms with Crippen molar-refractivity contribution in [1.29, 1.82) is 0 Å². The molecule has 1 amide bonds. The Labute approximate surface area is 161 Å². The summed E-state index contributed by atoms with van der Waals surface area (Å²) in [6.07, 6.45) is 6.81. The molecule has 138 valence electrons. The minimum absolute atomic E-state index is 0.194. The molecule has 3 rings (SSSR count). The van der Waals surface area contributed by atoms with Gasteiger partial charge >= 0.3 is 0 Å². The summed E-state index contributed by atoms with van der Waals surface area (Å²) in [5.74, 6) is 2.28. The zero-order valence-corrected chi connectivity index (χ0v) is 16.6. The number of carbonyl (C=O) groups is 1. The number of rotatable bonds is 4. The number of hydrogen-bond donors (Lipinski definition) is 0. The molecule has 0 saturated heterocycles. The highest BCUT2D eigenvalue weighted by Gasteiger charge is 2.12. The van der Waals surface area contributed by atoms with Gasteiger partial charge in [-0.1, -0.05) is 47.1 Å². The van der Waals surface area contributed by atoms with Gasteiger partial charge in [-0.2, -0.15) is 4.99 Å². The van der Waals surface area contributed by atoms with Gasteiger partial charge in [-0.3, -0.25) is 4.79 Å². The third kappa shape index (κ3) is 4.35. The average molecular weight is 399 g/mol. The molecule has 0 radical (unpaired) electrons. The Kier molecular flexibility index (Phi) is 5.31. The topological polar surface area (TPSA) is 68.5 Å². The summed E-state index contributed by atoms with van der Waals surface area (Å²) in [4.78, 5) is 17.3. The largest absolute Gasteiger partial charge is 0.305 e. The van der Waals surface area contributed by atoms with E-state index in [-0.39, 0.29) is 23.8 Å².